The third-order valence-electron chi connectivity index (χ3n) is 2.86. The van der Waals surface area contributed by atoms with Crippen LogP contribution in [-0.2, 0) is 4.79 Å². The lowest BCUT2D eigenvalue weighted by molar-refractivity contribution is -0.121. The van der Waals surface area contributed by atoms with Crippen LogP contribution in [0.4, 0.5) is 0 Å². The number of unbranched alkanes of at least 4 members (excludes halogenated alkanes) is 3. The van der Waals surface area contributed by atoms with Crippen LogP contribution in [0.2, 0.25) is 5.02 Å². The minimum absolute atomic E-state index is 0.148. The standard InChI is InChI=1S/C15H23ClN2OS/c16-13-6-8-14(9-7-13)20-12-11-18-15(19)5-3-1-2-4-10-17/h6-9H,1-5,10-12,17H2,(H,18,19). The summed E-state index contributed by atoms with van der Waals surface area (Å²) in [5.41, 5.74) is 5.42. The minimum atomic E-state index is 0.148. The van der Waals surface area contributed by atoms with Crippen LogP contribution in [0, 0.1) is 0 Å². The number of carbonyl (C=O) groups is 1. The first-order valence-electron chi connectivity index (χ1n) is 7.07. The average molecular weight is 315 g/mol. The molecule has 3 N–H and O–H groups in total. The number of rotatable bonds is 10. The summed E-state index contributed by atoms with van der Waals surface area (Å²) in [6.45, 7) is 1.45. The van der Waals surface area contributed by atoms with Crippen LogP contribution >= 0.6 is 23.4 Å². The minimum Gasteiger partial charge on any atom is -0.355 e. The number of benzene rings is 1. The average Bonchev–Trinajstić information content (AvgIpc) is 2.45. The normalized spacial score (nSPS) is 10.5. The summed E-state index contributed by atoms with van der Waals surface area (Å²) in [4.78, 5) is 12.7. The zero-order valence-electron chi connectivity index (χ0n) is 11.7. The van der Waals surface area contributed by atoms with E-state index in [-0.39, 0.29) is 5.91 Å². The van der Waals surface area contributed by atoms with Crippen molar-refractivity contribution in [2.45, 2.75) is 37.0 Å². The summed E-state index contributed by atoms with van der Waals surface area (Å²) in [5.74, 6) is 1.02. The highest BCUT2D eigenvalue weighted by Gasteiger charge is 2.00. The highest BCUT2D eigenvalue weighted by atomic mass is 35.5. The Kier molecular flexibility index (Phi) is 9.54. The molecule has 0 aromatic heterocycles. The van der Waals surface area contributed by atoms with E-state index in [9.17, 15) is 4.79 Å². The van der Waals surface area contributed by atoms with Gasteiger partial charge in [0.15, 0.2) is 0 Å². The van der Waals surface area contributed by atoms with Gasteiger partial charge in [0.05, 0.1) is 0 Å². The first-order chi connectivity index (χ1) is 9.72. The molecule has 0 fully saturated rings. The lowest BCUT2D eigenvalue weighted by Gasteiger charge is -2.05. The Morgan fingerprint density at radius 1 is 1.15 bits per heavy atom. The molecule has 0 spiro atoms. The Morgan fingerprint density at radius 3 is 2.55 bits per heavy atom. The molecule has 5 heteroatoms. The molecule has 3 nitrogen and oxygen atoms in total. The summed E-state index contributed by atoms with van der Waals surface area (Å²) in [6, 6.07) is 7.74. The van der Waals surface area contributed by atoms with Crippen molar-refractivity contribution in [3.05, 3.63) is 29.3 Å². The van der Waals surface area contributed by atoms with E-state index >= 15 is 0 Å². The molecule has 0 saturated heterocycles. The van der Waals surface area contributed by atoms with Crippen molar-refractivity contribution in [3.8, 4) is 0 Å². The summed E-state index contributed by atoms with van der Waals surface area (Å²) in [7, 11) is 0. The number of nitrogens with one attached hydrogen (secondary N) is 1. The van der Waals surface area contributed by atoms with E-state index in [1.807, 2.05) is 24.3 Å². The number of nitrogens with two attached hydrogens (primary N) is 1. The van der Waals surface area contributed by atoms with E-state index in [0.717, 1.165) is 43.0 Å². The topological polar surface area (TPSA) is 55.1 Å². The highest BCUT2D eigenvalue weighted by Crippen LogP contribution is 2.19. The molecule has 0 saturated carbocycles. The maximum absolute atomic E-state index is 11.6. The number of halogens is 1. The summed E-state index contributed by atoms with van der Waals surface area (Å²) in [5, 5.41) is 3.69. The third-order valence-corrected chi connectivity index (χ3v) is 4.13. The van der Waals surface area contributed by atoms with Crippen molar-refractivity contribution in [1.82, 2.24) is 5.32 Å². The summed E-state index contributed by atoms with van der Waals surface area (Å²) < 4.78 is 0. The molecule has 20 heavy (non-hydrogen) atoms. The van der Waals surface area contributed by atoms with Gasteiger partial charge >= 0.3 is 0 Å². The van der Waals surface area contributed by atoms with E-state index in [1.165, 1.54) is 4.90 Å². The van der Waals surface area contributed by atoms with Crippen molar-refractivity contribution < 1.29 is 4.79 Å². The highest BCUT2D eigenvalue weighted by molar-refractivity contribution is 7.99. The van der Waals surface area contributed by atoms with Gasteiger partial charge in [-0.1, -0.05) is 24.4 Å². The predicted octanol–water partition coefficient (Wildman–Crippen LogP) is 3.46. The number of thioether (sulfide) groups is 1. The lowest BCUT2D eigenvalue weighted by Crippen LogP contribution is -2.25. The van der Waals surface area contributed by atoms with E-state index in [1.54, 1.807) is 11.8 Å². The van der Waals surface area contributed by atoms with Gasteiger partial charge in [0.25, 0.3) is 0 Å². The molecule has 1 aromatic carbocycles. The van der Waals surface area contributed by atoms with Crippen LogP contribution in [-0.4, -0.2) is 24.7 Å². The monoisotopic (exact) mass is 314 g/mol. The second-order valence-corrected chi connectivity index (χ2v) is 6.21. The van der Waals surface area contributed by atoms with Gasteiger partial charge < -0.3 is 11.1 Å². The number of hydrogen-bond donors (Lipinski definition) is 2. The molecule has 0 aliphatic rings. The van der Waals surface area contributed by atoms with Crippen molar-refractivity contribution in [1.29, 1.82) is 0 Å². The zero-order chi connectivity index (χ0) is 14.6. The van der Waals surface area contributed by atoms with Crippen LogP contribution < -0.4 is 11.1 Å². The molecule has 1 amide bonds. The number of carbonyl (C=O) groups excluding carboxylic acids is 1. The van der Waals surface area contributed by atoms with Crippen LogP contribution in [0.15, 0.2) is 29.2 Å². The molecule has 0 aliphatic carbocycles. The molecule has 112 valence electrons. The summed E-state index contributed by atoms with van der Waals surface area (Å²) in [6.07, 6.45) is 4.84. The predicted molar refractivity (Wildman–Crippen MR) is 87.3 cm³/mol. The van der Waals surface area contributed by atoms with E-state index in [0.29, 0.717) is 13.0 Å². The SMILES string of the molecule is NCCCCCCC(=O)NCCSc1ccc(Cl)cc1. The maximum atomic E-state index is 11.6. The van der Waals surface area contributed by atoms with Crippen LogP contribution in [0.3, 0.4) is 0 Å². The van der Waals surface area contributed by atoms with Crippen LogP contribution in [0.5, 0.6) is 0 Å². The fraction of sp³-hybridized carbons (Fsp3) is 0.533. The first kappa shape index (κ1) is 17.3. The fourth-order valence-electron chi connectivity index (χ4n) is 1.76. The van der Waals surface area contributed by atoms with Crippen molar-refractivity contribution in [2.75, 3.05) is 18.8 Å². The van der Waals surface area contributed by atoms with Gasteiger partial charge in [0.2, 0.25) is 5.91 Å². The largest absolute Gasteiger partial charge is 0.355 e. The van der Waals surface area contributed by atoms with Gasteiger partial charge in [0.1, 0.15) is 0 Å². The van der Waals surface area contributed by atoms with Gasteiger partial charge in [-0.15, -0.1) is 11.8 Å². The van der Waals surface area contributed by atoms with Gasteiger partial charge in [-0.25, -0.2) is 0 Å². The van der Waals surface area contributed by atoms with Crippen LogP contribution in [0.25, 0.3) is 0 Å². The lowest BCUT2D eigenvalue weighted by atomic mass is 10.1. The molecule has 0 unspecified atom stereocenters. The van der Waals surface area contributed by atoms with Crippen molar-refractivity contribution in [3.63, 3.8) is 0 Å². The quantitative estimate of drug-likeness (QED) is 0.513. The molecule has 0 radical (unpaired) electrons. The van der Waals surface area contributed by atoms with E-state index in [4.69, 9.17) is 17.3 Å². The molecule has 0 aliphatic heterocycles. The molecule has 0 atom stereocenters. The smallest absolute Gasteiger partial charge is 0.220 e. The Labute approximate surface area is 130 Å². The molecular formula is C15H23ClN2OS. The third kappa shape index (κ3) is 8.46. The van der Waals surface area contributed by atoms with Gasteiger partial charge in [0, 0.05) is 28.6 Å². The Bertz CT molecular complexity index is 384. The molecule has 0 bridgehead atoms. The maximum Gasteiger partial charge on any atom is 0.220 e. The van der Waals surface area contributed by atoms with Gasteiger partial charge in [-0.3, -0.25) is 4.79 Å². The van der Waals surface area contributed by atoms with Crippen molar-refractivity contribution in [2.24, 2.45) is 5.73 Å². The number of hydrogen-bond acceptors (Lipinski definition) is 3. The molecule has 1 aromatic rings. The second kappa shape index (κ2) is 11.0. The van der Waals surface area contributed by atoms with Gasteiger partial charge in [-0.2, -0.15) is 0 Å². The van der Waals surface area contributed by atoms with Gasteiger partial charge in [-0.05, 0) is 43.7 Å². The molecular weight excluding hydrogens is 292 g/mol. The Balaban J connectivity index is 2.00. The van der Waals surface area contributed by atoms with Crippen molar-refractivity contribution >= 4 is 29.3 Å². The number of amides is 1. The molecule has 1 rings (SSSR count). The fourth-order valence-corrected chi connectivity index (χ4v) is 2.66. The van der Waals surface area contributed by atoms with Crippen LogP contribution in [0.1, 0.15) is 32.1 Å². The molecule has 0 heterocycles. The Morgan fingerprint density at radius 2 is 1.85 bits per heavy atom. The van der Waals surface area contributed by atoms with E-state index < -0.39 is 0 Å². The first-order valence-corrected chi connectivity index (χ1v) is 8.44. The second-order valence-electron chi connectivity index (χ2n) is 4.61. The van der Waals surface area contributed by atoms with E-state index in [2.05, 4.69) is 5.32 Å². The Hall–Kier alpha value is -0.710. The summed E-state index contributed by atoms with van der Waals surface area (Å²) >= 11 is 7.54. The zero-order valence-corrected chi connectivity index (χ0v) is 13.3.